The molecule has 0 aromatic rings. The molecular weight excluding hydrogens is 137 g/mol. The van der Waals surface area contributed by atoms with Crippen molar-refractivity contribution in [1.82, 2.24) is 0 Å². The second kappa shape index (κ2) is 6.47. The molecule has 4 N–H and O–H groups in total. The zero-order valence-electron chi connectivity index (χ0n) is 6.07. The molecule has 0 aliphatic rings. The van der Waals surface area contributed by atoms with Crippen LogP contribution in [0.2, 0.25) is 0 Å². The summed E-state index contributed by atoms with van der Waals surface area (Å²) in [4.78, 5) is 9.96. The molecule has 0 spiro atoms. The van der Waals surface area contributed by atoms with Crippen LogP contribution in [0.4, 0.5) is 0 Å². The molecule has 0 amide bonds. The molecule has 6 heteroatoms. The molecule has 0 fully saturated rings. The summed E-state index contributed by atoms with van der Waals surface area (Å²) in [6.45, 7) is -2.40. The van der Waals surface area contributed by atoms with E-state index >= 15 is 0 Å². The van der Waals surface area contributed by atoms with E-state index in [1.54, 1.807) is 0 Å². The number of esters is 1. The second-order valence-electron chi connectivity index (χ2n) is 1.02. The summed E-state index contributed by atoms with van der Waals surface area (Å²) in [5.74, 6) is -0.847. The van der Waals surface area contributed by atoms with E-state index in [0.29, 0.717) is 0 Å². The van der Waals surface area contributed by atoms with Gasteiger partial charge in [-0.15, -0.1) is 0 Å². The van der Waals surface area contributed by atoms with Crippen molar-refractivity contribution >= 4 is 5.97 Å². The van der Waals surface area contributed by atoms with Crippen LogP contribution < -0.4 is 35.3 Å². The molecule has 0 saturated carbocycles. The molecule has 0 atom stereocenters. The molecule has 50 valence electrons. The Balaban J connectivity index is -0.000000245. The van der Waals surface area contributed by atoms with Crippen molar-refractivity contribution in [2.75, 3.05) is 6.54 Å². The van der Waals surface area contributed by atoms with E-state index in [2.05, 4.69) is 4.74 Å². The molecule has 5 nitrogen and oxygen atoms in total. The van der Waals surface area contributed by atoms with E-state index in [0.717, 1.165) is 0 Å². The fraction of sp³-hybridized carbons (Fsp3) is 0.667. The van der Waals surface area contributed by atoms with Crippen molar-refractivity contribution in [3.8, 4) is 0 Å². The Labute approximate surface area is 75.6 Å². The van der Waals surface area contributed by atoms with Crippen LogP contribution >= 0.6 is 0 Å². The van der Waals surface area contributed by atoms with Crippen LogP contribution in [0.5, 0.6) is 0 Å². The summed E-state index contributed by atoms with van der Waals surface area (Å²) in [6, 6.07) is 0. The first-order chi connectivity index (χ1) is 3.66. The number of hydrogen-bond acceptors (Lipinski definition) is 5. The normalized spacial score (nSPS) is 8.44. The van der Waals surface area contributed by atoms with Gasteiger partial charge in [0.05, 0.1) is 6.54 Å². The maximum Gasteiger partial charge on any atom is 1.00 e. The number of carbonyl (C=O) groups excluding carboxylic acids is 1. The van der Waals surface area contributed by atoms with Gasteiger partial charge in [-0.05, 0) is 0 Å². The van der Waals surface area contributed by atoms with E-state index in [-0.39, 0.29) is 37.5 Å². The van der Waals surface area contributed by atoms with Gasteiger partial charge in [0.1, 0.15) is 0 Å². The molecular formula is C3H8NNaO4. The zero-order valence-corrected chi connectivity index (χ0v) is 7.07. The quantitative estimate of drug-likeness (QED) is 0.205. The molecule has 0 radical (unpaired) electrons. The zero-order chi connectivity index (χ0) is 6.57. The SMILES string of the molecule is NCC(=O)OC(O)O.[H-].[Na+]. The Kier molecular flexibility index (Phi) is 8.67. The van der Waals surface area contributed by atoms with Crippen LogP contribution in [0.25, 0.3) is 0 Å². The third-order valence-corrected chi connectivity index (χ3v) is 0.404. The number of aliphatic hydroxyl groups excluding tert-OH is 1. The van der Waals surface area contributed by atoms with Gasteiger partial charge in [0.2, 0.25) is 0 Å². The van der Waals surface area contributed by atoms with Crippen LogP contribution in [-0.2, 0) is 9.53 Å². The Hall–Kier alpha value is 0.350. The predicted octanol–water partition coefficient (Wildman–Crippen LogP) is -5.13. The maximum atomic E-state index is 9.96. The fourth-order valence-electron chi connectivity index (χ4n) is 0.166. The van der Waals surface area contributed by atoms with Crippen LogP contribution in [0.3, 0.4) is 0 Å². The van der Waals surface area contributed by atoms with Gasteiger partial charge in [-0.25, -0.2) is 0 Å². The number of ether oxygens (including phenoxy) is 1. The minimum Gasteiger partial charge on any atom is -1.00 e. The van der Waals surface area contributed by atoms with Gasteiger partial charge in [-0.3, -0.25) is 4.79 Å². The van der Waals surface area contributed by atoms with Crippen molar-refractivity contribution < 1.29 is 50.7 Å². The van der Waals surface area contributed by atoms with Gasteiger partial charge in [-0.1, -0.05) is 0 Å². The average molecular weight is 145 g/mol. The molecule has 0 aromatic heterocycles. The third kappa shape index (κ3) is 8.35. The monoisotopic (exact) mass is 145 g/mol. The van der Waals surface area contributed by atoms with Crippen LogP contribution in [0.15, 0.2) is 0 Å². The van der Waals surface area contributed by atoms with Gasteiger partial charge in [0, 0.05) is 0 Å². The molecule has 0 unspecified atom stereocenters. The number of hydrogen-bond donors (Lipinski definition) is 3. The first-order valence-corrected chi connectivity index (χ1v) is 1.92. The smallest absolute Gasteiger partial charge is 1.00 e. The summed E-state index contributed by atoms with van der Waals surface area (Å²) >= 11 is 0. The van der Waals surface area contributed by atoms with E-state index in [1.807, 2.05) is 0 Å². The van der Waals surface area contributed by atoms with Crippen LogP contribution in [0.1, 0.15) is 1.43 Å². The molecule has 0 saturated heterocycles. The van der Waals surface area contributed by atoms with Gasteiger partial charge in [0.15, 0.2) is 0 Å². The largest absolute Gasteiger partial charge is 1.00 e. The van der Waals surface area contributed by atoms with Crippen molar-refractivity contribution in [3.63, 3.8) is 0 Å². The van der Waals surface area contributed by atoms with Crippen LogP contribution in [-0.4, -0.2) is 29.2 Å². The summed E-state index contributed by atoms with van der Waals surface area (Å²) in [5, 5.41) is 15.8. The minimum atomic E-state index is -2.05. The first-order valence-electron chi connectivity index (χ1n) is 1.92. The Bertz CT molecular complexity index is 90.6. The van der Waals surface area contributed by atoms with Gasteiger partial charge in [-0.2, -0.15) is 0 Å². The maximum absolute atomic E-state index is 9.96. The van der Waals surface area contributed by atoms with E-state index in [1.165, 1.54) is 0 Å². The van der Waals surface area contributed by atoms with Crippen LogP contribution in [0, 0.1) is 0 Å². The van der Waals surface area contributed by atoms with E-state index < -0.39 is 12.4 Å². The topological polar surface area (TPSA) is 92.8 Å². The molecule has 0 aliphatic carbocycles. The predicted molar refractivity (Wildman–Crippen MR) is 24.5 cm³/mol. The average Bonchev–Trinajstić information content (AvgIpc) is 1.65. The molecule has 0 bridgehead atoms. The van der Waals surface area contributed by atoms with E-state index in [4.69, 9.17) is 15.9 Å². The summed E-state index contributed by atoms with van der Waals surface area (Å²) < 4.78 is 3.75. The number of carbonyl (C=O) groups is 1. The number of rotatable bonds is 2. The molecule has 0 aliphatic heterocycles. The molecule has 0 heterocycles. The molecule has 9 heavy (non-hydrogen) atoms. The van der Waals surface area contributed by atoms with E-state index in [9.17, 15) is 4.79 Å². The second-order valence-corrected chi connectivity index (χ2v) is 1.02. The van der Waals surface area contributed by atoms with Gasteiger partial charge < -0.3 is 22.1 Å². The van der Waals surface area contributed by atoms with Crippen molar-refractivity contribution in [2.24, 2.45) is 5.73 Å². The summed E-state index contributed by atoms with van der Waals surface area (Å²) in [5.41, 5.74) is 4.72. The van der Waals surface area contributed by atoms with Gasteiger partial charge in [0.25, 0.3) is 0 Å². The summed E-state index contributed by atoms with van der Waals surface area (Å²) in [6.07, 6.45) is 0. The minimum absolute atomic E-state index is 0. The third-order valence-electron chi connectivity index (χ3n) is 0.404. The Morgan fingerprint density at radius 1 is 1.78 bits per heavy atom. The van der Waals surface area contributed by atoms with Crippen molar-refractivity contribution in [3.05, 3.63) is 0 Å². The number of aliphatic hydroxyl groups is 2. The first kappa shape index (κ1) is 12.1. The number of nitrogens with two attached hydrogens (primary N) is 1. The fourth-order valence-corrected chi connectivity index (χ4v) is 0.166. The molecule has 0 rings (SSSR count). The Morgan fingerprint density at radius 3 is 2.33 bits per heavy atom. The molecule has 0 aromatic carbocycles. The standard InChI is InChI=1S/C3H7NO4.Na.H/c4-1-2(5)8-3(6)7;;/h3,6-7H,1,4H2;;/q;+1;-1. The van der Waals surface area contributed by atoms with Crippen molar-refractivity contribution in [2.45, 2.75) is 6.48 Å². The summed E-state index contributed by atoms with van der Waals surface area (Å²) in [7, 11) is 0. The van der Waals surface area contributed by atoms with Crippen molar-refractivity contribution in [1.29, 1.82) is 0 Å². The Morgan fingerprint density at radius 2 is 2.22 bits per heavy atom. The van der Waals surface area contributed by atoms with Gasteiger partial charge >= 0.3 is 42.0 Å².